The molecule has 10 nitrogen and oxygen atoms in total. The third kappa shape index (κ3) is 6.13. The van der Waals surface area contributed by atoms with Gasteiger partial charge in [-0.2, -0.15) is 0 Å². The van der Waals surface area contributed by atoms with E-state index in [1.807, 2.05) is 37.8 Å². The molecule has 220 valence electrons. The Bertz CT molecular complexity index is 1310. The Morgan fingerprint density at radius 1 is 1.10 bits per heavy atom. The second-order valence-electron chi connectivity index (χ2n) is 11.0. The fourth-order valence-electron chi connectivity index (χ4n) is 5.56. The highest BCUT2D eigenvalue weighted by Crippen LogP contribution is 2.39. The van der Waals surface area contributed by atoms with Gasteiger partial charge in [-0.15, -0.1) is 0 Å². The SMILES string of the molecule is CCc1ccc(F)c(C(=O)NC(C(=O)N2CCC3(CC2)C(=O)N(C)CN3c2ccc(OCC(N)=O)cc2)C(C)C)c1. The fourth-order valence-corrected chi connectivity index (χ4v) is 5.56. The summed E-state index contributed by atoms with van der Waals surface area (Å²) in [4.78, 5) is 56.5. The van der Waals surface area contributed by atoms with Gasteiger partial charge in [0.15, 0.2) is 6.61 Å². The fraction of sp³-hybridized carbons (Fsp3) is 0.467. The molecule has 1 spiro atoms. The molecule has 2 aromatic rings. The van der Waals surface area contributed by atoms with Gasteiger partial charge in [0, 0.05) is 25.8 Å². The Balaban J connectivity index is 1.47. The monoisotopic (exact) mass is 567 g/mol. The summed E-state index contributed by atoms with van der Waals surface area (Å²) in [6.45, 7) is 6.41. The Morgan fingerprint density at radius 3 is 2.34 bits per heavy atom. The first-order valence-electron chi connectivity index (χ1n) is 13.9. The van der Waals surface area contributed by atoms with Gasteiger partial charge in [0.25, 0.3) is 11.8 Å². The molecule has 2 aliphatic rings. The Labute approximate surface area is 239 Å². The van der Waals surface area contributed by atoms with Gasteiger partial charge in [0.2, 0.25) is 11.8 Å². The highest BCUT2D eigenvalue weighted by atomic mass is 19.1. The number of anilines is 1. The van der Waals surface area contributed by atoms with E-state index in [0.29, 0.717) is 44.8 Å². The lowest BCUT2D eigenvalue weighted by Gasteiger charge is -2.44. The average molecular weight is 568 g/mol. The number of ether oxygens (including phenoxy) is 1. The minimum Gasteiger partial charge on any atom is -0.484 e. The van der Waals surface area contributed by atoms with Crippen LogP contribution < -0.4 is 20.7 Å². The van der Waals surface area contributed by atoms with Crippen molar-refractivity contribution in [2.75, 3.05) is 38.3 Å². The molecule has 0 aliphatic carbocycles. The van der Waals surface area contributed by atoms with E-state index in [1.165, 1.54) is 12.1 Å². The third-order valence-electron chi connectivity index (χ3n) is 7.95. The number of amides is 4. The normalized spacial score (nSPS) is 17.2. The standard InChI is InChI=1S/C30H38FN5O5/c1-5-20-6-11-24(31)23(16-20)27(38)33-26(19(2)3)28(39)35-14-12-30(13-15-35)29(40)34(4)18-36(30)21-7-9-22(10-8-21)41-17-25(32)37/h6-11,16,19,26H,5,12-15,17-18H2,1-4H3,(H2,32,37)(H,33,38). The van der Waals surface area contributed by atoms with Crippen LogP contribution in [0, 0.1) is 11.7 Å². The first-order valence-corrected chi connectivity index (χ1v) is 13.9. The maximum absolute atomic E-state index is 14.4. The number of primary amides is 1. The summed E-state index contributed by atoms with van der Waals surface area (Å²) in [5.74, 6) is -1.84. The minimum absolute atomic E-state index is 0.0151. The van der Waals surface area contributed by atoms with Crippen molar-refractivity contribution in [1.82, 2.24) is 15.1 Å². The van der Waals surface area contributed by atoms with Crippen molar-refractivity contribution in [2.45, 2.75) is 51.6 Å². The molecule has 11 heteroatoms. The van der Waals surface area contributed by atoms with Crippen LogP contribution in [-0.4, -0.2) is 78.4 Å². The highest BCUT2D eigenvalue weighted by molar-refractivity contribution is 5.98. The van der Waals surface area contributed by atoms with E-state index < -0.39 is 29.2 Å². The smallest absolute Gasteiger partial charge is 0.255 e. The van der Waals surface area contributed by atoms with Crippen molar-refractivity contribution in [3.8, 4) is 5.75 Å². The van der Waals surface area contributed by atoms with E-state index in [2.05, 4.69) is 5.32 Å². The Hall–Kier alpha value is -4.15. The minimum atomic E-state index is -0.841. The van der Waals surface area contributed by atoms with Crippen molar-refractivity contribution in [1.29, 1.82) is 0 Å². The van der Waals surface area contributed by atoms with Crippen molar-refractivity contribution >= 4 is 29.3 Å². The molecule has 2 heterocycles. The number of nitrogens with one attached hydrogen (secondary N) is 1. The number of nitrogens with two attached hydrogens (primary N) is 1. The first-order chi connectivity index (χ1) is 19.5. The lowest BCUT2D eigenvalue weighted by molar-refractivity contribution is -0.139. The molecular formula is C30H38FN5O5. The molecule has 2 aromatic carbocycles. The number of aryl methyl sites for hydroxylation is 1. The van der Waals surface area contributed by atoms with Crippen LogP contribution in [0.5, 0.6) is 5.75 Å². The number of rotatable bonds is 9. The summed E-state index contributed by atoms with van der Waals surface area (Å²) in [6, 6.07) is 10.7. The lowest BCUT2D eigenvalue weighted by atomic mass is 9.85. The maximum atomic E-state index is 14.4. The average Bonchev–Trinajstić information content (AvgIpc) is 3.19. The quantitative estimate of drug-likeness (QED) is 0.479. The molecule has 2 aliphatic heterocycles. The largest absolute Gasteiger partial charge is 0.484 e. The molecule has 2 saturated heterocycles. The predicted octanol–water partition coefficient (Wildman–Crippen LogP) is 2.30. The van der Waals surface area contributed by atoms with Crippen LogP contribution in [0.2, 0.25) is 0 Å². The molecule has 0 saturated carbocycles. The zero-order valence-corrected chi connectivity index (χ0v) is 24.0. The molecule has 41 heavy (non-hydrogen) atoms. The zero-order valence-electron chi connectivity index (χ0n) is 24.0. The summed E-state index contributed by atoms with van der Waals surface area (Å²) in [5, 5.41) is 2.76. The second-order valence-corrected chi connectivity index (χ2v) is 11.0. The number of halogens is 1. The number of carbonyl (C=O) groups excluding carboxylic acids is 4. The summed E-state index contributed by atoms with van der Waals surface area (Å²) < 4.78 is 19.8. The van der Waals surface area contributed by atoms with Crippen LogP contribution in [0.15, 0.2) is 42.5 Å². The van der Waals surface area contributed by atoms with Crippen LogP contribution in [0.4, 0.5) is 10.1 Å². The van der Waals surface area contributed by atoms with Crippen LogP contribution >= 0.6 is 0 Å². The van der Waals surface area contributed by atoms with E-state index in [-0.39, 0.29) is 29.9 Å². The number of hydrogen-bond acceptors (Lipinski definition) is 6. The molecule has 1 unspecified atom stereocenters. The highest BCUT2D eigenvalue weighted by Gasteiger charge is 2.53. The van der Waals surface area contributed by atoms with Gasteiger partial charge in [-0.1, -0.05) is 26.8 Å². The van der Waals surface area contributed by atoms with Gasteiger partial charge >= 0.3 is 0 Å². The number of likely N-dealkylation sites (N-methyl/N-ethyl adjacent to an activating group) is 1. The molecule has 0 radical (unpaired) electrons. The number of hydrogen-bond donors (Lipinski definition) is 2. The summed E-state index contributed by atoms with van der Waals surface area (Å²) in [5.41, 5.74) is 5.89. The van der Waals surface area contributed by atoms with E-state index in [9.17, 15) is 23.6 Å². The van der Waals surface area contributed by atoms with Gasteiger partial charge in [-0.3, -0.25) is 19.2 Å². The molecule has 1 atom stereocenters. The molecule has 4 rings (SSSR count). The maximum Gasteiger partial charge on any atom is 0.255 e. The molecule has 4 amide bonds. The number of carbonyl (C=O) groups is 4. The Morgan fingerprint density at radius 2 is 1.76 bits per heavy atom. The van der Waals surface area contributed by atoms with E-state index in [4.69, 9.17) is 10.5 Å². The van der Waals surface area contributed by atoms with Crippen LogP contribution in [0.3, 0.4) is 0 Å². The van der Waals surface area contributed by atoms with Crippen molar-refractivity contribution in [2.24, 2.45) is 11.7 Å². The van der Waals surface area contributed by atoms with E-state index >= 15 is 0 Å². The zero-order chi connectivity index (χ0) is 29.9. The Kier molecular flexibility index (Phi) is 8.84. The molecular weight excluding hydrogens is 529 g/mol. The summed E-state index contributed by atoms with van der Waals surface area (Å²) in [6.07, 6.45) is 1.47. The third-order valence-corrected chi connectivity index (χ3v) is 7.95. The van der Waals surface area contributed by atoms with Gasteiger partial charge < -0.3 is 30.5 Å². The summed E-state index contributed by atoms with van der Waals surface area (Å²) >= 11 is 0. The second kappa shape index (κ2) is 12.2. The molecule has 0 aromatic heterocycles. The first kappa shape index (κ1) is 29.8. The van der Waals surface area contributed by atoms with Crippen molar-refractivity contribution in [3.63, 3.8) is 0 Å². The van der Waals surface area contributed by atoms with Gasteiger partial charge in [0.1, 0.15) is 23.1 Å². The lowest BCUT2D eigenvalue weighted by Crippen LogP contribution is -2.60. The molecule has 3 N–H and O–H groups in total. The van der Waals surface area contributed by atoms with E-state index in [1.54, 1.807) is 35.0 Å². The number of piperidine rings is 1. The number of benzene rings is 2. The van der Waals surface area contributed by atoms with E-state index in [0.717, 1.165) is 11.3 Å². The van der Waals surface area contributed by atoms with Crippen LogP contribution in [-0.2, 0) is 20.8 Å². The van der Waals surface area contributed by atoms with Crippen LogP contribution in [0.1, 0.15) is 49.5 Å². The topological polar surface area (TPSA) is 125 Å². The van der Waals surface area contributed by atoms with Gasteiger partial charge in [-0.25, -0.2) is 4.39 Å². The summed E-state index contributed by atoms with van der Waals surface area (Å²) in [7, 11) is 1.75. The number of likely N-dealkylation sites (tertiary alicyclic amines) is 1. The predicted molar refractivity (Wildman–Crippen MR) is 152 cm³/mol. The van der Waals surface area contributed by atoms with Gasteiger partial charge in [-0.05, 0) is 67.1 Å². The molecule has 2 fully saturated rings. The van der Waals surface area contributed by atoms with Crippen LogP contribution in [0.25, 0.3) is 0 Å². The van der Waals surface area contributed by atoms with Crippen molar-refractivity contribution < 1.29 is 28.3 Å². The number of nitrogens with zero attached hydrogens (tertiary/aromatic N) is 3. The van der Waals surface area contributed by atoms with Gasteiger partial charge in [0.05, 0.1) is 12.2 Å². The van der Waals surface area contributed by atoms with Crippen molar-refractivity contribution in [3.05, 3.63) is 59.4 Å². The molecule has 0 bridgehead atoms.